The van der Waals surface area contributed by atoms with Gasteiger partial charge in [-0.25, -0.2) is 4.98 Å². The molecule has 1 heterocycles. The van der Waals surface area contributed by atoms with Crippen LogP contribution in [-0.4, -0.2) is 38.6 Å². The molecule has 0 saturated heterocycles. The zero-order valence-corrected chi connectivity index (χ0v) is 11.9. The van der Waals surface area contributed by atoms with Gasteiger partial charge in [-0.15, -0.1) is 5.10 Å². The first kappa shape index (κ1) is 12.6. The lowest BCUT2D eigenvalue weighted by Gasteiger charge is -2.20. The predicted molar refractivity (Wildman–Crippen MR) is 71.9 cm³/mol. The molecule has 1 aromatic rings. The topological polar surface area (TPSA) is 61.9 Å². The summed E-state index contributed by atoms with van der Waals surface area (Å²) >= 11 is 0. The third-order valence-electron chi connectivity index (χ3n) is 3.79. The van der Waals surface area contributed by atoms with Gasteiger partial charge in [0.05, 0.1) is 0 Å². The molecule has 0 radical (unpaired) electrons. The number of aromatic nitrogens is 3. The second-order valence-electron chi connectivity index (χ2n) is 6.89. The Kier molecular flexibility index (Phi) is 2.87. The van der Waals surface area contributed by atoms with Crippen LogP contribution in [0.2, 0.25) is 0 Å². The second-order valence-corrected chi connectivity index (χ2v) is 6.89. The fourth-order valence-electron chi connectivity index (χ4n) is 2.18. The van der Waals surface area contributed by atoms with Crippen LogP contribution in [0.1, 0.15) is 62.9 Å². The Balaban J connectivity index is 1.75. The maximum atomic E-state index is 12.5. The molecule has 1 amide bonds. The Hall–Kier alpha value is -1.39. The van der Waals surface area contributed by atoms with Gasteiger partial charge in [0.2, 0.25) is 5.82 Å². The van der Waals surface area contributed by atoms with E-state index < -0.39 is 0 Å². The molecular formula is C14H22N4O. The van der Waals surface area contributed by atoms with Gasteiger partial charge in [0, 0.05) is 18.0 Å². The van der Waals surface area contributed by atoms with Crippen molar-refractivity contribution in [2.45, 2.75) is 57.9 Å². The molecule has 104 valence electrons. The Bertz CT molecular complexity index is 480. The van der Waals surface area contributed by atoms with Crippen LogP contribution < -0.4 is 0 Å². The van der Waals surface area contributed by atoms with Crippen LogP contribution >= 0.6 is 0 Å². The van der Waals surface area contributed by atoms with Gasteiger partial charge in [-0.1, -0.05) is 20.8 Å². The molecule has 5 nitrogen and oxygen atoms in total. The summed E-state index contributed by atoms with van der Waals surface area (Å²) in [6.45, 7) is 7.07. The van der Waals surface area contributed by atoms with Crippen molar-refractivity contribution in [3.63, 3.8) is 0 Å². The number of nitrogens with zero attached hydrogens (tertiary/aromatic N) is 3. The molecule has 2 aliphatic carbocycles. The molecule has 0 atom stereocenters. The SMILES string of the molecule is CC(C)(C)c1nc(C(=O)N(CC2CC2)C2CC2)n[nH]1. The molecule has 1 aromatic heterocycles. The van der Waals surface area contributed by atoms with E-state index in [1.807, 2.05) is 4.90 Å². The zero-order valence-electron chi connectivity index (χ0n) is 11.9. The number of carbonyl (C=O) groups excluding carboxylic acids is 1. The lowest BCUT2D eigenvalue weighted by atomic mass is 9.96. The highest BCUT2D eigenvalue weighted by molar-refractivity contribution is 5.90. The lowest BCUT2D eigenvalue weighted by Crippen LogP contribution is -2.35. The van der Waals surface area contributed by atoms with Crippen LogP contribution in [0, 0.1) is 5.92 Å². The number of amides is 1. The van der Waals surface area contributed by atoms with Crippen molar-refractivity contribution < 1.29 is 4.79 Å². The Morgan fingerprint density at radius 2 is 2.00 bits per heavy atom. The van der Waals surface area contributed by atoms with E-state index in [-0.39, 0.29) is 11.3 Å². The number of H-pyrrole nitrogens is 1. The largest absolute Gasteiger partial charge is 0.333 e. The molecule has 0 aromatic carbocycles. The second kappa shape index (κ2) is 4.32. The number of hydrogen-bond donors (Lipinski definition) is 1. The van der Waals surface area contributed by atoms with Gasteiger partial charge in [0.15, 0.2) is 0 Å². The first-order valence-electron chi connectivity index (χ1n) is 7.19. The van der Waals surface area contributed by atoms with Gasteiger partial charge < -0.3 is 4.90 Å². The summed E-state index contributed by atoms with van der Waals surface area (Å²) in [5.74, 6) is 1.82. The van der Waals surface area contributed by atoms with Crippen LogP contribution in [0.5, 0.6) is 0 Å². The summed E-state index contributed by atoms with van der Waals surface area (Å²) in [6, 6.07) is 0.435. The van der Waals surface area contributed by atoms with Crippen molar-refractivity contribution in [2.75, 3.05) is 6.54 Å². The Morgan fingerprint density at radius 3 is 2.47 bits per heavy atom. The summed E-state index contributed by atoms with van der Waals surface area (Å²) < 4.78 is 0. The maximum Gasteiger partial charge on any atom is 0.293 e. The quantitative estimate of drug-likeness (QED) is 0.904. The highest BCUT2D eigenvalue weighted by Crippen LogP contribution is 2.35. The number of aromatic amines is 1. The predicted octanol–water partition coefficient (Wildman–Crippen LogP) is 2.12. The van der Waals surface area contributed by atoms with Gasteiger partial charge in [0.25, 0.3) is 5.91 Å². The zero-order chi connectivity index (χ0) is 13.6. The van der Waals surface area contributed by atoms with E-state index in [4.69, 9.17) is 0 Å². The third kappa shape index (κ3) is 2.80. The summed E-state index contributed by atoms with van der Waals surface area (Å²) in [4.78, 5) is 18.9. The third-order valence-corrected chi connectivity index (χ3v) is 3.79. The molecule has 0 bridgehead atoms. The van der Waals surface area contributed by atoms with Gasteiger partial charge >= 0.3 is 0 Å². The van der Waals surface area contributed by atoms with E-state index in [1.165, 1.54) is 12.8 Å². The molecule has 0 unspecified atom stereocenters. The van der Waals surface area contributed by atoms with E-state index in [9.17, 15) is 4.79 Å². The summed E-state index contributed by atoms with van der Waals surface area (Å²) in [6.07, 6.45) is 4.79. The average Bonchev–Trinajstić information content (AvgIpc) is 3.23. The van der Waals surface area contributed by atoms with E-state index in [0.717, 1.165) is 25.2 Å². The smallest absolute Gasteiger partial charge is 0.293 e. The Morgan fingerprint density at radius 1 is 1.32 bits per heavy atom. The number of carbonyl (C=O) groups is 1. The number of nitrogens with one attached hydrogen (secondary N) is 1. The number of rotatable bonds is 4. The summed E-state index contributed by atoms with van der Waals surface area (Å²) in [7, 11) is 0. The minimum absolute atomic E-state index is 0.00106. The minimum Gasteiger partial charge on any atom is -0.333 e. The average molecular weight is 262 g/mol. The molecule has 5 heteroatoms. The first-order chi connectivity index (χ1) is 8.95. The highest BCUT2D eigenvalue weighted by Gasteiger charge is 2.38. The van der Waals surface area contributed by atoms with Crippen LogP contribution in [0.25, 0.3) is 0 Å². The van der Waals surface area contributed by atoms with E-state index in [1.54, 1.807) is 0 Å². The molecule has 1 N–H and O–H groups in total. The normalized spacial score (nSPS) is 19.5. The monoisotopic (exact) mass is 262 g/mol. The standard InChI is InChI=1S/C14H22N4O/c1-14(2,3)13-15-11(16-17-13)12(19)18(10-6-7-10)8-9-4-5-9/h9-10H,4-8H2,1-3H3,(H,15,16,17). The van der Waals surface area contributed by atoms with E-state index >= 15 is 0 Å². The molecule has 0 spiro atoms. The van der Waals surface area contributed by atoms with Crippen molar-refractivity contribution in [3.05, 3.63) is 11.6 Å². The van der Waals surface area contributed by atoms with Crippen molar-refractivity contribution in [1.29, 1.82) is 0 Å². The number of hydrogen-bond acceptors (Lipinski definition) is 3. The van der Waals surface area contributed by atoms with Crippen molar-refractivity contribution in [1.82, 2.24) is 20.1 Å². The van der Waals surface area contributed by atoms with Gasteiger partial charge in [0.1, 0.15) is 5.82 Å². The summed E-state index contributed by atoms with van der Waals surface area (Å²) in [5, 5.41) is 7.02. The van der Waals surface area contributed by atoms with Crippen molar-refractivity contribution in [2.24, 2.45) is 5.92 Å². The highest BCUT2D eigenvalue weighted by atomic mass is 16.2. The molecule has 2 fully saturated rings. The molecule has 3 rings (SSSR count). The van der Waals surface area contributed by atoms with Crippen LogP contribution in [0.15, 0.2) is 0 Å². The van der Waals surface area contributed by atoms with E-state index in [0.29, 0.717) is 17.8 Å². The van der Waals surface area contributed by atoms with Crippen molar-refractivity contribution >= 4 is 5.91 Å². The van der Waals surface area contributed by atoms with Crippen LogP contribution in [0.3, 0.4) is 0 Å². The minimum atomic E-state index is -0.105. The molecule has 19 heavy (non-hydrogen) atoms. The van der Waals surface area contributed by atoms with Crippen LogP contribution in [-0.2, 0) is 5.41 Å². The van der Waals surface area contributed by atoms with Crippen LogP contribution in [0.4, 0.5) is 0 Å². The fourth-order valence-corrected chi connectivity index (χ4v) is 2.18. The molecule has 2 aliphatic rings. The first-order valence-corrected chi connectivity index (χ1v) is 7.19. The summed E-state index contributed by atoms with van der Waals surface area (Å²) in [5.41, 5.74) is -0.105. The maximum absolute atomic E-state index is 12.5. The molecule has 2 saturated carbocycles. The molecule has 0 aliphatic heterocycles. The fraction of sp³-hybridized carbons (Fsp3) is 0.786. The van der Waals surface area contributed by atoms with Gasteiger partial charge in [-0.05, 0) is 31.6 Å². The van der Waals surface area contributed by atoms with Gasteiger partial charge in [-0.3, -0.25) is 9.89 Å². The van der Waals surface area contributed by atoms with E-state index in [2.05, 4.69) is 36.0 Å². The lowest BCUT2D eigenvalue weighted by molar-refractivity contribution is 0.0722. The Labute approximate surface area is 113 Å². The van der Waals surface area contributed by atoms with Gasteiger partial charge in [-0.2, -0.15) is 0 Å². The van der Waals surface area contributed by atoms with Crippen molar-refractivity contribution in [3.8, 4) is 0 Å². The molecular weight excluding hydrogens is 240 g/mol.